The van der Waals surface area contributed by atoms with E-state index in [0.717, 1.165) is 6.07 Å². The lowest BCUT2D eigenvalue weighted by Gasteiger charge is -2.37. The summed E-state index contributed by atoms with van der Waals surface area (Å²) in [6.45, 7) is 1.69. The Morgan fingerprint density at radius 1 is 1.29 bits per heavy atom. The van der Waals surface area contributed by atoms with E-state index in [1.165, 1.54) is 6.07 Å². The van der Waals surface area contributed by atoms with Gasteiger partial charge < -0.3 is 15.4 Å². The number of hydrogen-bond acceptors (Lipinski definition) is 3. The third-order valence-corrected chi connectivity index (χ3v) is 4.56. The fourth-order valence-corrected chi connectivity index (χ4v) is 3.15. The number of ether oxygens (including phenoxy) is 1. The number of anilines is 1. The maximum absolute atomic E-state index is 13.5. The highest BCUT2D eigenvalue weighted by atomic mass is 19.2. The van der Waals surface area contributed by atoms with E-state index >= 15 is 0 Å². The van der Waals surface area contributed by atoms with Gasteiger partial charge in [-0.2, -0.15) is 0 Å². The summed E-state index contributed by atoms with van der Waals surface area (Å²) < 4.78 is 32.1. The number of nitrogens with two attached hydrogens (primary N) is 1. The number of carbonyl (C=O) groups is 1. The molecule has 4 nitrogen and oxygen atoms in total. The quantitative estimate of drug-likeness (QED) is 0.902. The van der Waals surface area contributed by atoms with Crippen molar-refractivity contribution in [3.63, 3.8) is 0 Å². The Morgan fingerprint density at radius 2 is 1.95 bits per heavy atom. The van der Waals surface area contributed by atoms with Crippen molar-refractivity contribution in [3.8, 4) is 0 Å². The Bertz CT molecular complexity index is 571. The van der Waals surface area contributed by atoms with Crippen LogP contribution in [0.15, 0.2) is 12.1 Å². The van der Waals surface area contributed by atoms with E-state index < -0.39 is 17.0 Å². The van der Waals surface area contributed by atoms with Gasteiger partial charge in [-0.3, -0.25) is 4.79 Å². The molecule has 0 aliphatic carbocycles. The van der Waals surface area contributed by atoms with Gasteiger partial charge in [0.1, 0.15) is 0 Å². The Labute approximate surface area is 121 Å². The molecule has 1 fully saturated rings. The summed E-state index contributed by atoms with van der Waals surface area (Å²) in [5.74, 6) is -1.90. The second-order valence-corrected chi connectivity index (χ2v) is 5.70. The molecule has 0 spiro atoms. The van der Waals surface area contributed by atoms with Crippen LogP contribution in [0.5, 0.6) is 0 Å². The molecule has 1 aromatic carbocycles. The fraction of sp³-hybridized carbons (Fsp3) is 0.533. The molecular formula is C15H18F2N2O2. The van der Waals surface area contributed by atoms with Crippen molar-refractivity contribution in [1.29, 1.82) is 0 Å². The van der Waals surface area contributed by atoms with E-state index in [4.69, 9.17) is 10.5 Å². The van der Waals surface area contributed by atoms with Crippen molar-refractivity contribution in [2.45, 2.75) is 19.3 Å². The number of amides is 1. The van der Waals surface area contributed by atoms with E-state index in [1.54, 1.807) is 4.90 Å². The minimum Gasteiger partial charge on any atom is -0.381 e. The van der Waals surface area contributed by atoms with Crippen LogP contribution < -0.4 is 10.6 Å². The summed E-state index contributed by atoms with van der Waals surface area (Å²) in [4.78, 5) is 14.4. The predicted octanol–water partition coefficient (Wildman–Crippen LogP) is 1.61. The van der Waals surface area contributed by atoms with Gasteiger partial charge in [0.25, 0.3) is 0 Å². The smallest absolute Gasteiger partial charge is 0.234 e. The first-order valence-corrected chi connectivity index (χ1v) is 7.15. The standard InChI is InChI=1S/C15H18F2N2O2/c16-11-7-10-1-4-19(13(10)8-12(11)17)14(20)15(9-18)2-5-21-6-3-15/h7-8H,1-6,9,18H2. The minimum absolute atomic E-state index is 0.0990. The summed E-state index contributed by atoms with van der Waals surface area (Å²) in [6, 6.07) is 2.29. The summed E-state index contributed by atoms with van der Waals surface area (Å²) in [5.41, 5.74) is 6.33. The van der Waals surface area contributed by atoms with Crippen LogP contribution in [0.4, 0.5) is 14.5 Å². The molecule has 6 heteroatoms. The van der Waals surface area contributed by atoms with Crippen LogP contribution in [-0.4, -0.2) is 32.2 Å². The number of nitrogens with zero attached hydrogens (tertiary/aromatic N) is 1. The number of carbonyl (C=O) groups excluding carboxylic acids is 1. The number of fused-ring (bicyclic) bond motifs is 1. The second kappa shape index (κ2) is 5.35. The molecule has 2 heterocycles. The molecule has 1 saturated heterocycles. The van der Waals surface area contributed by atoms with Crippen LogP contribution in [0.3, 0.4) is 0 Å². The monoisotopic (exact) mass is 296 g/mol. The van der Waals surface area contributed by atoms with Crippen molar-refractivity contribution in [2.75, 3.05) is 31.2 Å². The number of rotatable bonds is 2. The van der Waals surface area contributed by atoms with Crippen LogP contribution in [-0.2, 0) is 16.0 Å². The van der Waals surface area contributed by atoms with Gasteiger partial charge in [0.15, 0.2) is 11.6 Å². The summed E-state index contributed by atoms with van der Waals surface area (Å²) >= 11 is 0. The highest BCUT2D eigenvalue weighted by molar-refractivity contribution is 5.99. The summed E-state index contributed by atoms with van der Waals surface area (Å²) in [7, 11) is 0. The summed E-state index contributed by atoms with van der Waals surface area (Å²) in [6.07, 6.45) is 1.67. The first-order valence-electron chi connectivity index (χ1n) is 7.15. The zero-order valence-corrected chi connectivity index (χ0v) is 11.7. The number of halogens is 2. The van der Waals surface area contributed by atoms with Crippen LogP contribution in [0, 0.1) is 17.0 Å². The Balaban J connectivity index is 1.92. The normalized spacial score (nSPS) is 20.4. The van der Waals surface area contributed by atoms with Crippen molar-refractivity contribution in [3.05, 3.63) is 29.3 Å². The van der Waals surface area contributed by atoms with Gasteiger partial charge >= 0.3 is 0 Å². The molecule has 21 heavy (non-hydrogen) atoms. The van der Waals surface area contributed by atoms with Crippen molar-refractivity contribution in [2.24, 2.45) is 11.1 Å². The molecule has 0 radical (unpaired) electrons. The molecule has 0 unspecified atom stereocenters. The minimum atomic E-state index is -0.928. The largest absolute Gasteiger partial charge is 0.381 e. The average molecular weight is 296 g/mol. The molecule has 2 N–H and O–H groups in total. The van der Waals surface area contributed by atoms with E-state index in [1.807, 2.05) is 0 Å². The first-order chi connectivity index (χ1) is 10.1. The number of hydrogen-bond donors (Lipinski definition) is 1. The van der Waals surface area contributed by atoms with Gasteiger partial charge in [-0.25, -0.2) is 8.78 Å². The fourth-order valence-electron chi connectivity index (χ4n) is 3.15. The zero-order valence-electron chi connectivity index (χ0n) is 11.7. The predicted molar refractivity (Wildman–Crippen MR) is 74.0 cm³/mol. The molecule has 2 aliphatic heterocycles. The molecule has 0 aromatic heterocycles. The van der Waals surface area contributed by atoms with E-state index in [0.29, 0.717) is 50.3 Å². The van der Waals surface area contributed by atoms with Crippen molar-refractivity contribution >= 4 is 11.6 Å². The van der Waals surface area contributed by atoms with Crippen LogP contribution in [0.1, 0.15) is 18.4 Å². The Morgan fingerprint density at radius 3 is 2.62 bits per heavy atom. The SMILES string of the molecule is NCC1(C(=O)N2CCc3cc(F)c(F)cc32)CCOCC1. The lowest BCUT2D eigenvalue weighted by Crippen LogP contribution is -2.50. The lowest BCUT2D eigenvalue weighted by atomic mass is 9.79. The van der Waals surface area contributed by atoms with Crippen molar-refractivity contribution < 1.29 is 18.3 Å². The lowest BCUT2D eigenvalue weighted by molar-refractivity contribution is -0.132. The highest BCUT2D eigenvalue weighted by Crippen LogP contribution is 2.37. The van der Waals surface area contributed by atoms with E-state index in [2.05, 4.69) is 0 Å². The van der Waals surface area contributed by atoms with Gasteiger partial charge in [0.05, 0.1) is 11.1 Å². The molecular weight excluding hydrogens is 278 g/mol. The van der Waals surface area contributed by atoms with Crippen LogP contribution in [0.25, 0.3) is 0 Å². The van der Waals surface area contributed by atoms with Gasteiger partial charge in [-0.1, -0.05) is 0 Å². The Hall–Kier alpha value is -1.53. The molecule has 1 aromatic rings. The molecule has 1 amide bonds. The number of benzene rings is 1. The second-order valence-electron chi connectivity index (χ2n) is 5.70. The highest BCUT2D eigenvalue weighted by Gasteiger charge is 2.43. The molecule has 0 bridgehead atoms. The average Bonchev–Trinajstić information content (AvgIpc) is 2.90. The molecule has 114 valence electrons. The van der Waals surface area contributed by atoms with E-state index in [9.17, 15) is 13.6 Å². The van der Waals surface area contributed by atoms with Crippen LogP contribution in [0.2, 0.25) is 0 Å². The molecule has 3 rings (SSSR count). The zero-order chi connectivity index (χ0) is 15.0. The van der Waals surface area contributed by atoms with Gasteiger partial charge in [0, 0.05) is 32.4 Å². The van der Waals surface area contributed by atoms with Gasteiger partial charge in [-0.15, -0.1) is 0 Å². The summed E-state index contributed by atoms with van der Waals surface area (Å²) in [5, 5.41) is 0. The maximum Gasteiger partial charge on any atom is 0.234 e. The van der Waals surface area contributed by atoms with Gasteiger partial charge in [-0.05, 0) is 30.9 Å². The molecule has 2 aliphatic rings. The third kappa shape index (κ3) is 2.32. The molecule has 0 saturated carbocycles. The van der Waals surface area contributed by atoms with Crippen molar-refractivity contribution in [1.82, 2.24) is 0 Å². The molecule has 0 atom stereocenters. The Kier molecular flexibility index (Phi) is 3.67. The maximum atomic E-state index is 13.5. The third-order valence-electron chi connectivity index (χ3n) is 4.56. The van der Waals surface area contributed by atoms with Crippen LogP contribution >= 0.6 is 0 Å². The van der Waals surface area contributed by atoms with Gasteiger partial charge in [0.2, 0.25) is 5.91 Å². The first kappa shape index (κ1) is 14.4. The van der Waals surface area contributed by atoms with E-state index in [-0.39, 0.29) is 12.5 Å². The topological polar surface area (TPSA) is 55.6 Å².